The Kier molecular flexibility index (Phi) is 3.81. The Hall–Kier alpha value is -0.860. The Morgan fingerprint density at radius 1 is 1.04 bits per heavy atom. The van der Waals surface area contributed by atoms with E-state index in [0.29, 0.717) is 11.7 Å². The largest absolute Gasteiger partial charge is 0.462 e. The van der Waals surface area contributed by atoms with E-state index in [-0.39, 0.29) is 17.5 Å². The maximum atomic E-state index is 11.8. The molecule has 4 saturated carbocycles. The first-order chi connectivity index (χ1) is 11.0. The van der Waals surface area contributed by atoms with Crippen LogP contribution in [0.15, 0.2) is 0 Å². The first-order valence-electron chi connectivity index (χ1n) is 9.68. The number of fused-ring (bicyclic) bond motifs is 5. The highest BCUT2D eigenvalue weighted by atomic mass is 16.5. The Morgan fingerprint density at radius 2 is 1.87 bits per heavy atom. The summed E-state index contributed by atoms with van der Waals surface area (Å²) in [6.07, 6.45) is 10.3. The number of ketones is 1. The van der Waals surface area contributed by atoms with E-state index in [0.717, 1.165) is 49.4 Å². The van der Waals surface area contributed by atoms with Gasteiger partial charge < -0.3 is 4.74 Å². The monoisotopic (exact) mass is 318 g/mol. The van der Waals surface area contributed by atoms with Gasteiger partial charge >= 0.3 is 5.97 Å². The van der Waals surface area contributed by atoms with Gasteiger partial charge in [-0.15, -0.1) is 0 Å². The second kappa shape index (κ2) is 5.60. The lowest BCUT2D eigenvalue weighted by Gasteiger charge is -2.55. The first-order valence-corrected chi connectivity index (χ1v) is 9.68. The predicted molar refractivity (Wildman–Crippen MR) is 87.7 cm³/mol. The Bertz CT molecular complexity index is 513. The number of Topliss-reactive ketones (excluding diaryl/α,β-unsaturated/α-hetero) is 1. The average Bonchev–Trinajstić information content (AvgIpc) is 2.83. The zero-order valence-corrected chi connectivity index (χ0v) is 14.6. The average molecular weight is 318 g/mol. The van der Waals surface area contributed by atoms with Crippen molar-refractivity contribution >= 4 is 11.8 Å². The predicted octanol–water partition coefficient (Wildman–Crippen LogP) is 4.14. The molecular formula is C20H30O3. The molecule has 128 valence electrons. The van der Waals surface area contributed by atoms with Gasteiger partial charge in [-0.05, 0) is 74.5 Å². The summed E-state index contributed by atoms with van der Waals surface area (Å²) in [5, 5.41) is 0. The van der Waals surface area contributed by atoms with E-state index in [2.05, 4.69) is 6.92 Å². The van der Waals surface area contributed by atoms with Crippen molar-refractivity contribution in [2.24, 2.45) is 35.0 Å². The van der Waals surface area contributed by atoms with E-state index in [9.17, 15) is 9.59 Å². The first kappa shape index (κ1) is 15.7. The van der Waals surface area contributed by atoms with E-state index < -0.39 is 0 Å². The molecule has 0 aromatic carbocycles. The van der Waals surface area contributed by atoms with Crippen LogP contribution < -0.4 is 0 Å². The Morgan fingerprint density at radius 3 is 2.65 bits per heavy atom. The molecule has 0 N–H and O–H groups in total. The van der Waals surface area contributed by atoms with Gasteiger partial charge in [0.15, 0.2) is 0 Å². The van der Waals surface area contributed by atoms with E-state index in [1.54, 1.807) is 6.92 Å². The molecule has 3 nitrogen and oxygen atoms in total. The summed E-state index contributed by atoms with van der Waals surface area (Å²) >= 11 is 0. The molecule has 0 bridgehead atoms. The number of rotatable bonds is 1. The van der Waals surface area contributed by atoms with Crippen LogP contribution in [0.1, 0.15) is 71.6 Å². The summed E-state index contributed by atoms with van der Waals surface area (Å²) in [6.45, 7) is 3.93. The highest BCUT2D eigenvalue weighted by Gasteiger charge is 2.58. The van der Waals surface area contributed by atoms with Crippen LogP contribution in [0.3, 0.4) is 0 Å². The molecule has 3 heteroatoms. The van der Waals surface area contributed by atoms with Crippen molar-refractivity contribution < 1.29 is 14.3 Å². The SMILES string of the molecule is CC(=O)O[C@H]1CCC2C3CC[C@H]4CC(=O)CC[C@H]4C3CC[C@@]21C. The molecule has 7 atom stereocenters. The van der Waals surface area contributed by atoms with Crippen LogP contribution >= 0.6 is 0 Å². The molecule has 0 amide bonds. The summed E-state index contributed by atoms with van der Waals surface area (Å²) in [5.41, 5.74) is 0.199. The summed E-state index contributed by atoms with van der Waals surface area (Å²) in [6, 6.07) is 0. The smallest absolute Gasteiger partial charge is 0.302 e. The zero-order chi connectivity index (χ0) is 16.2. The Labute approximate surface area is 139 Å². The number of hydrogen-bond acceptors (Lipinski definition) is 3. The van der Waals surface area contributed by atoms with Gasteiger partial charge in [0.05, 0.1) is 0 Å². The summed E-state index contributed by atoms with van der Waals surface area (Å²) in [4.78, 5) is 23.3. The van der Waals surface area contributed by atoms with Gasteiger partial charge in [-0.2, -0.15) is 0 Å². The fourth-order valence-corrected chi connectivity index (χ4v) is 7.01. The van der Waals surface area contributed by atoms with Gasteiger partial charge in [0.25, 0.3) is 0 Å². The summed E-state index contributed by atoms with van der Waals surface area (Å²) < 4.78 is 5.70. The molecule has 4 aliphatic rings. The van der Waals surface area contributed by atoms with E-state index >= 15 is 0 Å². The van der Waals surface area contributed by atoms with Crippen LogP contribution in [-0.2, 0) is 14.3 Å². The van der Waals surface area contributed by atoms with E-state index in [1.807, 2.05) is 0 Å². The third-order valence-electron chi connectivity index (χ3n) is 7.99. The molecular weight excluding hydrogens is 288 g/mol. The van der Waals surface area contributed by atoms with E-state index in [1.165, 1.54) is 32.1 Å². The zero-order valence-electron chi connectivity index (χ0n) is 14.6. The normalized spacial score (nSPS) is 49.0. The summed E-state index contributed by atoms with van der Waals surface area (Å²) in [5.74, 6) is 4.22. The summed E-state index contributed by atoms with van der Waals surface area (Å²) in [7, 11) is 0. The van der Waals surface area contributed by atoms with Crippen molar-refractivity contribution in [3.8, 4) is 0 Å². The van der Waals surface area contributed by atoms with Crippen molar-refractivity contribution in [1.29, 1.82) is 0 Å². The van der Waals surface area contributed by atoms with Crippen molar-refractivity contribution in [1.82, 2.24) is 0 Å². The van der Waals surface area contributed by atoms with Gasteiger partial charge in [-0.25, -0.2) is 0 Å². The molecule has 4 rings (SSSR count). The molecule has 0 heterocycles. The van der Waals surface area contributed by atoms with Crippen LogP contribution in [0.2, 0.25) is 0 Å². The van der Waals surface area contributed by atoms with Crippen LogP contribution in [0.4, 0.5) is 0 Å². The third kappa shape index (κ3) is 2.46. The molecule has 0 radical (unpaired) electrons. The second-order valence-electron chi connectivity index (χ2n) is 8.94. The number of hydrogen-bond donors (Lipinski definition) is 0. The second-order valence-corrected chi connectivity index (χ2v) is 8.94. The minimum Gasteiger partial charge on any atom is -0.462 e. The molecule has 0 saturated heterocycles. The number of carbonyl (C=O) groups excluding carboxylic acids is 2. The van der Waals surface area contributed by atoms with Gasteiger partial charge in [-0.1, -0.05) is 6.92 Å². The third-order valence-corrected chi connectivity index (χ3v) is 7.99. The van der Waals surface area contributed by atoms with Crippen molar-refractivity contribution in [3.05, 3.63) is 0 Å². The molecule has 0 aromatic heterocycles. The highest BCUT2D eigenvalue weighted by Crippen LogP contribution is 2.62. The van der Waals surface area contributed by atoms with Gasteiger partial charge in [0.2, 0.25) is 0 Å². The van der Waals surface area contributed by atoms with Crippen molar-refractivity contribution in [2.75, 3.05) is 0 Å². The van der Waals surface area contributed by atoms with Gasteiger partial charge in [0, 0.05) is 25.2 Å². The van der Waals surface area contributed by atoms with Crippen LogP contribution in [-0.4, -0.2) is 17.9 Å². The molecule has 0 aromatic rings. The van der Waals surface area contributed by atoms with E-state index in [4.69, 9.17) is 4.74 Å². The standard InChI is InChI=1S/C20H30O3/c1-12(21)23-19-8-7-18-17-5-3-13-11-14(22)4-6-15(13)16(17)9-10-20(18,19)2/h13,15-19H,3-11H2,1-2H3/t13-,15+,16?,17?,18?,19-,20-/m0/s1. The van der Waals surface area contributed by atoms with Gasteiger partial charge in [-0.3, -0.25) is 9.59 Å². The number of ether oxygens (including phenoxy) is 1. The molecule has 23 heavy (non-hydrogen) atoms. The fraction of sp³-hybridized carbons (Fsp3) is 0.900. The lowest BCUT2D eigenvalue weighted by atomic mass is 9.50. The van der Waals surface area contributed by atoms with Crippen molar-refractivity contribution in [3.63, 3.8) is 0 Å². The molecule has 3 unspecified atom stereocenters. The van der Waals surface area contributed by atoms with Crippen LogP contribution in [0, 0.1) is 35.0 Å². The molecule has 0 aliphatic heterocycles. The maximum Gasteiger partial charge on any atom is 0.302 e. The van der Waals surface area contributed by atoms with Crippen LogP contribution in [0.5, 0.6) is 0 Å². The quantitative estimate of drug-likeness (QED) is 0.682. The fourth-order valence-electron chi connectivity index (χ4n) is 7.01. The minimum atomic E-state index is -0.117. The molecule has 4 aliphatic carbocycles. The number of carbonyl (C=O) groups is 2. The molecule has 4 fully saturated rings. The topological polar surface area (TPSA) is 43.4 Å². The van der Waals surface area contributed by atoms with Crippen LogP contribution in [0.25, 0.3) is 0 Å². The lowest BCUT2D eigenvalue weighted by Crippen LogP contribution is -2.50. The minimum absolute atomic E-state index is 0.117. The number of esters is 1. The van der Waals surface area contributed by atoms with Crippen molar-refractivity contribution in [2.45, 2.75) is 77.7 Å². The van der Waals surface area contributed by atoms with Gasteiger partial charge in [0.1, 0.15) is 11.9 Å². The maximum absolute atomic E-state index is 11.8. The lowest BCUT2D eigenvalue weighted by molar-refractivity contribution is -0.157. The highest BCUT2D eigenvalue weighted by molar-refractivity contribution is 5.79. The molecule has 0 spiro atoms. The Balaban J connectivity index is 1.53.